The number of carbonyl (C=O) groups excluding carboxylic acids is 1. The van der Waals surface area contributed by atoms with E-state index in [1.807, 2.05) is 25.4 Å². The third-order valence-electron chi connectivity index (χ3n) is 6.14. The average Bonchev–Trinajstić information content (AvgIpc) is 3.38. The number of hydrogen-bond acceptors (Lipinski definition) is 7. The molecule has 10 heteroatoms. The van der Waals surface area contributed by atoms with E-state index in [0.717, 1.165) is 41.0 Å². The highest BCUT2D eigenvalue weighted by Crippen LogP contribution is 2.32. The lowest BCUT2D eigenvalue weighted by molar-refractivity contribution is 0.00732. The molecule has 0 saturated heterocycles. The molecule has 2 atom stereocenters. The van der Waals surface area contributed by atoms with Gasteiger partial charge >= 0.3 is 0 Å². The van der Waals surface area contributed by atoms with Crippen molar-refractivity contribution in [1.29, 1.82) is 0 Å². The Morgan fingerprint density at radius 3 is 2.81 bits per heavy atom. The van der Waals surface area contributed by atoms with E-state index < -0.39 is 0 Å². The number of methoxy groups -OCH3 is 1. The van der Waals surface area contributed by atoms with Crippen molar-refractivity contribution in [1.82, 2.24) is 34.7 Å². The highest BCUT2D eigenvalue weighted by molar-refractivity contribution is 6.01. The summed E-state index contributed by atoms with van der Waals surface area (Å²) in [6.07, 6.45) is 7.18. The van der Waals surface area contributed by atoms with Gasteiger partial charge in [-0.05, 0) is 32.8 Å². The van der Waals surface area contributed by atoms with Crippen LogP contribution in [0.5, 0.6) is 0 Å². The summed E-state index contributed by atoms with van der Waals surface area (Å²) in [6, 6.07) is 4.08. The summed E-state index contributed by atoms with van der Waals surface area (Å²) in [5.41, 5.74) is 3.37. The number of carbonyl (C=O) groups is 1. The number of aromatic nitrogens is 6. The third-order valence-corrected chi connectivity index (χ3v) is 6.14. The number of amides is 1. The number of nitrogens with one attached hydrogen (secondary N) is 2. The fraction of sp³-hybridized carbons (Fsp3) is 0.409. The maximum absolute atomic E-state index is 13.0. The Bertz CT molecular complexity index is 1310. The van der Waals surface area contributed by atoms with Gasteiger partial charge in [0.2, 0.25) is 0 Å². The topological polar surface area (TPSA) is 111 Å². The van der Waals surface area contributed by atoms with E-state index in [-0.39, 0.29) is 24.1 Å². The SMILES string of the molecule is CNc1cc(-c2cn(C(C)C)c3nnccc23)nc2c(C(=O)NC3CC[C@@H]3OC)cnn12. The van der Waals surface area contributed by atoms with Crippen LogP contribution in [0, 0.1) is 0 Å². The molecule has 1 unspecified atom stereocenters. The molecule has 32 heavy (non-hydrogen) atoms. The molecule has 5 rings (SSSR count). The highest BCUT2D eigenvalue weighted by Gasteiger charge is 2.33. The first-order valence-corrected chi connectivity index (χ1v) is 10.7. The summed E-state index contributed by atoms with van der Waals surface area (Å²) < 4.78 is 9.13. The number of anilines is 1. The normalized spacial score (nSPS) is 18.3. The van der Waals surface area contributed by atoms with E-state index in [2.05, 4.69) is 44.3 Å². The van der Waals surface area contributed by atoms with Gasteiger partial charge in [-0.25, -0.2) is 4.98 Å². The van der Waals surface area contributed by atoms with Crippen LogP contribution in [0.2, 0.25) is 0 Å². The van der Waals surface area contributed by atoms with Crippen molar-refractivity contribution >= 4 is 28.4 Å². The van der Waals surface area contributed by atoms with Crippen molar-refractivity contribution in [3.8, 4) is 11.3 Å². The van der Waals surface area contributed by atoms with Crippen molar-refractivity contribution < 1.29 is 9.53 Å². The van der Waals surface area contributed by atoms with Crippen LogP contribution in [0.25, 0.3) is 27.9 Å². The van der Waals surface area contributed by atoms with Gasteiger partial charge in [-0.1, -0.05) is 0 Å². The molecule has 0 radical (unpaired) electrons. The first-order valence-electron chi connectivity index (χ1n) is 10.7. The van der Waals surface area contributed by atoms with Gasteiger partial charge in [0.05, 0.1) is 30.2 Å². The number of nitrogens with zero attached hydrogens (tertiary/aromatic N) is 6. The molecule has 0 bridgehead atoms. The lowest BCUT2D eigenvalue weighted by Gasteiger charge is -2.35. The van der Waals surface area contributed by atoms with Crippen LogP contribution in [0.3, 0.4) is 0 Å². The predicted molar refractivity (Wildman–Crippen MR) is 121 cm³/mol. The molecule has 2 N–H and O–H groups in total. The van der Waals surface area contributed by atoms with Crippen LogP contribution >= 0.6 is 0 Å². The van der Waals surface area contributed by atoms with Gasteiger partial charge in [-0.15, -0.1) is 5.10 Å². The zero-order valence-corrected chi connectivity index (χ0v) is 18.5. The predicted octanol–water partition coefficient (Wildman–Crippen LogP) is 2.67. The van der Waals surface area contributed by atoms with Crippen LogP contribution in [-0.2, 0) is 4.74 Å². The second-order valence-electron chi connectivity index (χ2n) is 8.31. The van der Waals surface area contributed by atoms with Gasteiger partial charge in [0, 0.05) is 43.4 Å². The quantitative estimate of drug-likeness (QED) is 0.480. The molecule has 166 valence electrons. The van der Waals surface area contributed by atoms with Crippen molar-refractivity contribution in [3.63, 3.8) is 0 Å². The van der Waals surface area contributed by atoms with Gasteiger partial charge in [0.1, 0.15) is 11.4 Å². The number of fused-ring (bicyclic) bond motifs is 2. The summed E-state index contributed by atoms with van der Waals surface area (Å²) in [5.74, 6) is 0.531. The molecule has 1 saturated carbocycles. The Kier molecular flexibility index (Phi) is 5.01. The minimum atomic E-state index is -0.200. The lowest BCUT2D eigenvalue weighted by Crippen LogP contribution is -2.51. The van der Waals surface area contributed by atoms with Crippen molar-refractivity contribution in [3.05, 3.63) is 36.3 Å². The van der Waals surface area contributed by atoms with Crippen LogP contribution in [0.1, 0.15) is 43.1 Å². The van der Waals surface area contributed by atoms with E-state index in [4.69, 9.17) is 9.72 Å². The molecule has 4 aromatic rings. The second kappa shape index (κ2) is 7.86. The Labute approximate surface area is 185 Å². The van der Waals surface area contributed by atoms with Crippen molar-refractivity contribution in [2.24, 2.45) is 0 Å². The van der Waals surface area contributed by atoms with E-state index in [1.165, 1.54) is 0 Å². The Morgan fingerprint density at radius 2 is 2.12 bits per heavy atom. The van der Waals surface area contributed by atoms with Crippen LogP contribution in [0.15, 0.2) is 30.7 Å². The Morgan fingerprint density at radius 1 is 1.28 bits per heavy atom. The summed E-state index contributed by atoms with van der Waals surface area (Å²) >= 11 is 0. The van der Waals surface area contributed by atoms with E-state index >= 15 is 0 Å². The molecule has 0 aliphatic heterocycles. The molecular formula is C22H26N8O2. The van der Waals surface area contributed by atoms with Gasteiger partial charge < -0.3 is 19.9 Å². The molecule has 1 fully saturated rings. The molecule has 4 heterocycles. The maximum Gasteiger partial charge on any atom is 0.257 e. The fourth-order valence-electron chi connectivity index (χ4n) is 4.19. The smallest absolute Gasteiger partial charge is 0.257 e. The fourth-order valence-corrected chi connectivity index (χ4v) is 4.19. The minimum absolute atomic E-state index is 0.0111. The standard InChI is InChI=1S/C22H26N8O2/c1-12(2)29-11-15(13-7-8-24-28-21(13)29)17-9-19(23-3)30-20(26-17)14(10-25-30)22(31)27-16-5-6-18(16)32-4/h7-12,16,18,23H,5-6H2,1-4H3,(H,27,31)/t16?,18-/m0/s1. The van der Waals surface area contributed by atoms with Gasteiger partial charge in [-0.2, -0.15) is 14.7 Å². The van der Waals surface area contributed by atoms with Crippen molar-refractivity contribution in [2.45, 2.75) is 44.9 Å². The molecule has 1 aliphatic rings. The summed E-state index contributed by atoms with van der Waals surface area (Å²) in [4.78, 5) is 17.9. The largest absolute Gasteiger partial charge is 0.379 e. The maximum atomic E-state index is 13.0. The van der Waals surface area contributed by atoms with Crippen molar-refractivity contribution in [2.75, 3.05) is 19.5 Å². The zero-order valence-electron chi connectivity index (χ0n) is 18.5. The van der Waals surface area contributed by atoms with Gasteiger partial charge in [0.25, 0.3) is 5.91 Å². The first-order chi connectivity index (χ1) is 15.5. The summed E-state index contributed by atoms with van der Waals surface area (Å²) in [5, 5.41) is 20.0. The van der Waals surface area contributed by atoms with Crippen LogP contribution in [-0.4, -0.2) is 61.6 Å². The molecule has 4 aromatic heterocycles. The minimum Gasteiger partial charge on any atom is -0.379 e. The Balaban J connectivity index is 1.62. The van der Waals surface area contributed by atoms with Crippen LogP contribution < -0.4 is 10.6 Å². The third kappa shape index (κ3) is 3.18. The van der Waals surface area contributed by atoms with E-state index in [0.29, 0.717) is 11.2 Å². The number of rotatable bonds is 6. The molecule has 0 spiro atoms. The molecule has 1 aliphatic carbocycles. The van der Waals surface area contributed by atoms with E-state index in [9.17, 15) is 4.79 Å². The molecule has 10 nitrogen and oxygen atoms in total. The Hall–Kier alpha value is -3.53. The second-order valence-corrected chi connectivity index (χ2v) is 8.31. The average molecular weight is 435 g/mol. The summed E-state index contributed by atoms with van der Waals surface area (Å²) in [6.45, 7) is 4.20. The van der Waals surface area contributed by atoms with Gasteiger partial charge in [0.15, 0.2) is 11.3 Å². The van der Waals surface area contributed by atoms with Crippen LogP contribution in [0.4, 0.5) is 5.82 Å². The monoisotopic (exact) mass is 434 g/mol. The number of hydrogen-bond donors (Lipinski definition) is 2. The summed E-state index contributed by atoms with van der Waals surface area (Å²) in [7, 11) is 3.49. The highest BCUT2D eigenvalue weighted by atomic mass is 16.5. The number of ether oxygens (including phenoxy) is 1. The molecular weight excluding hydrogens is 408 g/mol. The zero-order chi connectivity index (χ0) is 22.4. The van der Waals surface area contributed by atoms with E-state index in [1.54, 1.807) is 24.0 Å². The van der Waals surface area contributed by atoms with Gasteiger partial charge in [-0.3, -0.25) is 4.79 Å². The molecule has 0 aromatic carbocycles. The lowest BCUT2D eigenvalue weighted by atomic mass is 9.89. The molecule has 1 amide bonds. The first kappa shape index (κ1) is 20.4.